The summed E-state index contributed by atoms with van der Waals surface area (Å²) in [6.45, 7) is 0. The number of rotatable bonds is 4. The van der Waals surface area contributed by atoms with Gasteiger partial charge in [0.05, 0.1) is 11.9 Å². The van der Waals surface area contributed by atoms with Gasteiger partial charge in [-0.15, -0.1) is 11.6 Å². The van der Waals surface area contributed by atoms with E-state index in [0.29, 0.717) is 17.3 Å². The summed E-state index contributed by atoms with van der Waals surface area (Å²) in [6, 6.07) is 10.8. The van der Waals surface area contributed by atoms with Crippen molar-refractivity contribution in [3.05, 3.63) is 47.1 Å². The highest BCUT2D eigenvalue weighted by molar-refractivity contribution is 9.10. The van der Waals surface area contributed by atoms with Gasteiger partial charge in [-0.2, -0.15) is 0 Å². The highest BCUT2D eigenvalue weighted by Gasteiger charge is 2.02. The molecule has 0 saturated heterocycles. The summed E-state index contributed by atoms with van der Waals surface area (Å²) in [5, 5.41) is 2.59. The second-order valence-corrected chi connectivity index (χ2v) is 4.81. The van der Waals surface area contributed by atoms with E-state index in [4.69, 9.17) is 16.3 Å². The number of pyridine rings is 1. The van der Waals surface area contributed by atoms with Gasteiger partial charge in [0, 0.05) is 10.5 Å². The van der Waals surface area contributed by atoms with Crippen molar-refractivity contribution in [3.8, 4) is 11.6 Å². The smallest absolute Gasteiger partial charge is 0.239 e. The molecule has 0 saturated carbocycles. The van der Waals surface area contributed by atoms with Crippen molar-refractivity contribution >= 4 is 39.1 Å². The van der Waals surface area contributed by atoms with E-state index in [2.05, 4.69) is 26.2 Å². The van der Waals surface area contributed by atoms with Crippen LogP contribution in [0, 0.1) is 0 Å². The van der Waals surface area contributed by atoms with Gasteiger partial charge in [0.1, 0.15) is 11.6 Å². The molecule has 1 heterocycles. The SMILES string of the molecule is O=C(CCl)Nc1ccc(Oc2ccc(Br)cc2)nc1. The number of anilines is 1. The Morgan fingerprint density at radius 2 is 2.00 bits per heavy atom. The number of nitrogens with one attached hydrogen (secondary N) is 1. The summed E-state index contributed by atoms with van der Waals surface area (Å²) < 4.78 is 6.53. The number of carbonyl (C=O) groups excluding carboxylic acids is 1. The third kappa shape index (κ3) is 4.22. The number of aromatic nitrogens is 1. The second-order valence-electron chi connectivity index (χ2n) is 3.62. The molecule has 0 bridgehead atoms. The van der Waals surface area contributed by atoms with E-state index < -0.39 is 0 Å². The third-order valence-corrected chi connectivity index (χ3v) is 2.95. The molecule has 0 radical (unpaired) electrons. The number of alkyl halides is 1. The first kappa shape index (κ1) is 13.8. The van der Waals surface area contributed by atoms with Crippen LogP contribution in [0.3, 0.4) is 0 Å². The lowest BCUT2D eigenvalue weighted by molar-refractivity contribution is -0.113. The third-order valence-electron chi connectivity index (χ3n) is 2.18. The number of benzene rings is 1. The van der Waals surface area contributed by atoms with E-state index in [1.165, 1.54) is 6.20 Å². The Bertz CT molecular complexity index is 558. The summed E-state index contributed by atoms with van der Waals surface area (Å²) in [7, 11) is 0. The summed E-state index contributed by atoms with van der Waals surface area (Å²) in [5.41, 5.74) is 0.578. The molecule has 0 aliphatic carbocycles. The Hall–Kier alpha value is -1.59. The molecule has 6 heteroatoms. The Morgan fingerprint density at radius 3 is 2.58 bits per heavy atom. The van der Waals surface area contributed by atoms with E-state index in [9.17, 15) is 4.79 Å². The van der Waals surface area contributed by atoms with Crippen molar-refractivity contribution in [2.75, 3.05) is 11.2 Å². The highest BCUT2D eigenvalue weighted by atomic mass is 79.9. The molecule has 0 aliphatic heterocycles. The number of hydrogen-bond acceptors (Lipinski definition) is 3. The minimum atomic E-state index is -0.273. The Balaban J connectivity index is 2.02. The fourth-order valence-electron chi connectivity index (χ4n) is 1.33. The summed E-state index contributed by atoms with van der Waals surface area (Å²) in [6.07, 6.45) is 1.51. The van der Waals surface area contributed by atoms with E-state index in [1.54, 1.807) is 12.1 Å². The topological polar surface area (TPSA) is 51.2 Å². The molecule has 0 fully saturated rings. The van der Waals surface area contributed by atoms with Crippen molar-refractivity contribution in [3.63, 3.8) is 0 Å². The van der Waals surface area contributed by atoms with Crippen LogP contribution in [0.5, 0.6) is 11.6 Å². The molecule has 19 heavy (non-hydrogen) atoms. The van der Waals surface area contributed by atoms with Crippen LogP contribution in [0.15, 0.2) is 47.1 Å². The number of nitrogens with zero attached hydrogens (tertiary/aromatic N) is 1. The lowest BCUT2D eigenvalue weighted by Gasteiger charge is -2.06. The van der Waals surface area contributed by atoms with Gasteiger partial charge in [-0.25, -0.2) is 4.98 Å². The average molecular weight is 342 g/mol. The molecule has 1 aromatic carbocycles. The van der Waals surface area contributed by atoms with Crippen LogP contribution < -0.4 is 10.1 Å². The Kier molecular flexibility index (Phi) is 4.76. The van der Waals surface area contributed by atoms with Gasteiger partial charge in [-0.3, -0.25) is 4.79 Å². The zero-order valence-corrected chi connectivity index (χ0v) is 12.1. The molecule has 2 rings (SSSR count). The first-order chi connectivity index (χ1) is 9.17. The van der Waals surface area contributed by atoms with Crippen LogP contribution in [-0.2, 0) is 4.79 Å². The number of halogens is 2. The van der Waals surface area contributed by atoms with Crippen LogP contribution in [0.1, 0.15) is 0 Å². The maximum atomic E-state index is 11.1. The summed E-state index contributed by atoms with van der Waals surface area (Å²) >= 11 is 8.74. The summed E-state index contributed by atoms with van der Waals surface area (Å²) in [5.74, 6) is 0.779. The molecular weight excluding hydrogens is 332 g/mol. The predicted molar refractivity (Wildman–Crippen MR) is 77.8 cm³/mol. The quantitative estimate of drug-likeness (QED) is 0.860. The largest absolute Gasteiger partial charge is 0.439 e. The van der Waals surface area contributed by atoms with E-state index in [0.717, 1.165) is 4.47 Å². The Morgan fingerprint density at radius 1 is 1.26 bits per heavy atom. The first-order valence-electron chi connectivity index (χ1n) is 5.42. The van der Waals surface area contributed by atoms with Gasteiger partial charge in [0.2, 0.25) is 11.8 Å². The molecule has 0 unspecified atom stereocenters. The monoisotopic (exact) mass is 340 g/mol. The predicted octanol–water partition coefficient (Wildman–Crippen LogP) is 3.81. The molecule has 0 spiro atoms. The average Bonchev–Trinajstić information content (AvgIpc) is 2.43. The van der Waals surface area contributed by atoms with Crippen LogP contribution in [0.2, 0.25) is 0 Å². The van der Waals surface area contributed by atoms with Gasteiger partial charge >= 0.3 is 0 Å². The van der Waals surface area contributed by atoms with Crippen molar-refractivity contribution in [1.29, 1.82) is 0 Å². The lowest BCUT2D eigenvalue weighted by atomic mass is 10.3. The second kappa shape index (κ2) is 6.54. The molecule has 0 atom stereocenters. The molecule has 1 aromatic heterocycles. The van der Waals surface area contributed by atoms with Crippen molar-refractivity contribution in [1.82, 2.24) is 4.98 Å². The maximum Gasteiger partial charge on any atom is 0.239 e. The maximum absolute atomic E-state index is 11.1. The van der Waals surface area contributed by atoms with Crippen LogP contribution in [-0.4, -0.2) is 16.8 Å². The fourth-order valence-corrected chi connectivity index (χ4v) is 1.66. The van der Waals surface area contributed by atoms with Crippen LogP contribution in [0.4, 0.5) is 5.69 Å². The number of carbonyl (C=O) groups is 1. The van der Waals surface area contributed by atoms with E-state index in [-0.39, 0.29) is 11.8 Å². The highest BCUT2D eigenvalue weighted by Crippen LogP contribution is 2.22. The number of hydrogen-bond donors (Lipinski definition) is 1. The zero-order valence-electron chi connectivity index (χ0n) is 9.77. The molecule has 98 valence electrons. The number of ether oxygens (including phenoxy) is 1. The van der Waals surface area contributed by atoms with Crippen molar-refractivity contribution < 1.29 is 9.53 Å². The van der Waals surface area contributed by atoms with Gasteiger partial charge < -0.3 is 10.1 Å². The fraction of sp³-hybridized carbons (Fsp3) is 0.0769. The van der Waals surface area contributed by atoms with E-state index in [1.807, 2.05) is 24.3 Å². The number of amides is 1. The summed E-state index contributed by atoms with van der Waals surface area (Å²) in [4.78, 5) is 15.2. The van der Waals surface area contributed by atoms with Gasteiger partial charge in [-0.05, 0) is 30.3 Å². The van der Waals surface area contributed by atoms with Gasteiger partial charge in [0.25, 0.3) is 0 Å². The standard InChI is InChI=1S/C13H10BrClN2O2/c14-9-1-4-11(5-2-9)19-13-6-3-10(8-16-13)17-12(18)7-15/h1-6,8H,7H2,(H,17,18). The lowest BCUT2D eigenvalue weighted by Crippen LogP contribution is -2.12. The van der Waals surface area contributed by atoms with Crippen LogP contribution >= 0.6 is 27.5 Å². The minimum Gasteiger partial charge on any atom is -0.439 e. The molecule has 1 N–H and O–H groups in total. The molecule has 1 amide bonds. The molecule has 4 nitrogen and oxygen atoms in total. The normalized spacial score (nSPS) is 10.0. The van der Waals surface area contributed by atoms with Gasteiger partial charge in [-0.1, -0.05) is 15.9 Å². The minimum absolute atomic E-state index is 0.0862. The van der Waals surface area contributed by atoms with Crippen LogP contribution in [0.25, 0.3) is 0 Å². The molecule has 2 aromatic rings. The molecule has 0 aliphatic rings. The molecular formula is C13H10BrClN2O2. The van der Waals surface area contributed by atoms with Crippen molar-refractivity contribution in [2.24, 2.45) is 0 Å². The first-order valence-corrected chi connectivity index (χ1v) is 6.75. The van der Waals surface area contributed by atoms with E-state index >= 15 is 0 Å². The zero-order chi connectivity index (χ0) is 13.7. The van der Waals surface area contributed by atoms with Gasteiger partial charge in [0.15, 0.2) is 0 Å². The van der Waals surface area contributed by atoms with Crippen molar-refractivity contribution in [2.45, 2.75) is 0 Å². The Labute approximate surface area is 123 Å².